The van der Waals surface area contributed by atoms with Crippen molar-refractivity contribution in [1.82, 2.24) is 25.0 Å². The number of nitrogens with one attached hydrogen (secondary N) is 2. The Morgan fingerprint density at radius 2 is 1.93 bits per heavy atom. The number of hydrogen-bond donors (Lipinski definition) is 2. The summed E-state index contributed by atoms with van der Waals surface area (Å²) in [4.78, 5) is 19.2. The fraction of sp³-hybridized carbons (Fsp3) is 0.286. The SMILES string of the molecule is CCN(CC)C(CNC(=O)Nc1cccnc1-n1cccn1)c1ccccc1Cl. The van der Waals surface area contributed by atoms with Gasteiger partial charge in [0.2, 0.25) is 0 Å². The Morgan fingerprint density at radius 3 is 2.62 bits per heavy atom. The highest BCUT2D eigenvalue weighted by Crippen LogP contribution is 2.27. The maximum absolute atomic E-state index is 12.6. The smallest absolute Gasteiger partial charge is 0.319 e. The molecule has 3 rings (SSSR count). The van der Waals surface area contributed by atoms with E-state index in [0.29, 0.717) is 23.1 Å². The summed E-state index contributed by atoms with van der Waals surface area (Å²) in [7, 11) is 0. The average molecular weight is 413 g/mol. The van der Waals surface area contributed by atoms with Crippen molar-refractivity contribution in [3.05, 3.63) is 71.6 Å². The molecule has 2 amide bonds. The lowest BCUT2D eigenvalue weighted by molar-refractivity contribution is 0.210. The number of urea groups is 1. The lowest BCUT2D eigenvalue weighted by Gasteiger charge is -2.31. The fourth-order valence-electron chi connectivity index (χ4n) is 3.27. The first-order valence-corrected chi connectivity index (χ1v) is 10.00. The van der Waals surface area contributed by atoms with E-state index in [4.69, 9.17) is 11.6 Å². The minimum Gasteiger partial charge on any atom is -0.336 e. The molecule has 0 aliphatic rings. The number of pyridine rings is 1. The summed E-state index contributed by atoms with van der Waals surface area (Å²) < 4.78 is 1.61. The summed E-state index contributed by atoms with van der Waals surface area (Å²) in [5.74, 6) is 0.555. The minimum atomic E-state index is -0.310. The molecule has 1 aromatic carbocycles. The van der Waals surface area contributed by atoms with E-state index < -0.39 is 0 Å². The Hall–Kier alpha value is -2.90. The van der Waals surface area contributed by atoms with Crippen LogP contribution >= 0.6 is 11.6 Å². The van der Waals surface area contributed by atoms with Gasteiger partial charge in [0.25, 0.3) is 0 Å². The van der Waals surface area contributed by atoms with Crippen molar-refractivity contribution in [2.24, 2.45) is 0 Å². The first-order chi connectivity index (χ1) is 14.1. The highest BCUT2D eigenvalue weighted by Gasteiger charge is 2.21. The molecule has 1 unspecified atom stereocenters. The number of amides is 2. The van der Waals surface area contributed by atoms with Crippen molar-refractivity contribution in [2.45, 2.75) is 19.9 Å². The van der Waals surface area contributed by atoms with Gasteiger partial charge in [0.1, 0.15) is 0 Å². The van der Waals surface area contributed by atoms with Crippen molar-refractivity contribution in [3.8, 4) is 5.82 Å². The minimum absolute atomic E-state index is 0.0241. The molecule has 2 aromatic heterocycles. The monoisotopic (exact) mass is 412 g/mol. The topological polar surface area (TPSA) is 75.1 Å². The van der Waals surface area contributed by atoms with Crippen LogP contribution in [-0.2, 0) is 0 Å². The van der Waals surface area contributed by atoms with Gasteiger partial charge < -0.3 is 10.6 Å². The van der Waals surface area contributed by atoms with Gasteiger partial charge in [-0.3, -0.25) is 4.90 Å². The zero-order valence-electron chi connectivity index (χ0n) is 16.5. The molecule has 0 saturated heterocycles. The van der Waals surface area contributed by atoms with Gasteiger partial charge in [-0.15, -0.1) is 0 Å². The van der Waals surface area contributed by atoms with E-state index in [2.05, 4.69) is 39.5 Å². The number of benzene rings is 1. The largest absolute Gasteiger partial charge is 0.336 e. The molecule has 3 aromatic rings. The summed E-state index contributed by atoms with van der Waals surface area (Å²) in [5.41, 5.74) is 1.57. The van der Waals surface area contributed by atoms with Crippen LogP contribution < -0.4 is 10.6 Å². The van der Waals surface area contributed by atoms with Gasteiger partial charge in [0.05, 0.1) is 11.7 Å². The van der Waals surface area contributed by atoms with E-state index in [1.807, 2.05) is 24.3 Å². The molecule has 0 aliphatic heterocycles. The van der Waals surface area contributed by atoms with Crippen molar-refractivity contribution in [2.75, 3.05) is 25.0 Å². The van der Waals surface area contributed by atoms with Crippen LogP contribution in [0.2, 0.25) is 5.02 Å². The van der Waals surface area contributed by atoms with E-state index in [9.17, 15) is 4.79 Å². The first kappa shape index (κ1) is 20.8. The van der Waals surface area contributed by atoms with E-state index >= 15 is 0 Å². The van der Waals surface area contributed by atoms with Crippen LogP contribution in [0.3, 0.4) is 0 Å². The van der Waals surface area contributed by atoms with Crippen LogP contribution in [0.1, 0.15) is 25.5 Å². The Balaban J connectivity index is 1.72. The third-order valence-electron chi connectivity index (χ3n) is 4.73. The normalized spacial score (nSPS) is 12.0. The van der Waals surface area contributed by atoms with E-state index in [0.717, 1.165) is 18.7 Å². The Bertz CT molecular complexity index is 926. The Morgan fingerprint density at radius 1 is 1.14 bits per heavy atom. The number of hydrogen-bond acceptors (Lipinski definition) is 4. The van der Waals surface area contributed by atoms with Gasteiger partial charge in [-0.2, -0.15) is 5.10 Å². The van der Waals surface area contributed by atoms with E-state index in [1.54, 1.807) is 41.5 Å². The molecular weight excluding hydrogens is 388 g/mol. The van der Waals surface area contributed by atoms with E-state index in [-0.39, 0.29) is 12.1 Å². The molecular formula is C21H25ClN6O. The van der Waals surface area contributed by atoms with Gasteiger partial charge in [0.15, 0.2) is 5.82 Å². The molecule has 7 nitrogen and oxygen atoms in total. The second-order valence-electron chi connectivity index (χ2n) is 6.42. The molecule has 2 heterocycles. The van der Waals surface area contributed by atoms with Crippen molar-refractivity contribution < 1.29 is 4.79 Å². The number of carbonyl (C=O) groups is 1. The van der Waals surface area contributed by atoms with Crippen molar-refractivity contribution in [3.63, 3.8) is 0 Å². The van der Waals surface area contributed by atoms with Crippen molar-refractivity contribution in [1.29, 1.82) is 0 Å². The number of likely N-dealkylation sites (N-methyl/N-ethyl adjacent to an activating group) is 1. The zero-order chi connectivity index (χ0) is 20.6. The van der Waals surface area contributed by atoms with Crippen LogP contribution in [-0.4, -0.2) is 45.3 Å². The number of aromatic nitrogens is 3. The predicted molar refractivity (Wildman–Crippen MR) is 115 cm³/mol. The predicted octanol–water partition coefficient (Wildman–Crippen LogP) is 4.13. The maximum Gasteiger partial charge on any atom is 0.319 e. The van der Waals surface area contributed by atoms with Crippen LogP contribution in [0.5, 0.6) is 0 Å². The van der Waals surface area contributed by atoms with E-state index in [1.165, 1.54) is 0 Å². The molecule has 0 bridgehead atoms. The lowest BCUT2D eigenvalue weighted by Crippen LogP contribution is -2.39. The van der Waals surface area contributed by atoms with Crippen molar-refractivity contribution >= 4 is 23.3 Å². The van der Waals surface area contributed by atoms with Crippen LogP contribution in [0, 0.1) is 0 Å². The summed E-state index contributed by atoms with van der Waals surface area (Å²) in [6, 6.07) is 12.8. The van der Waals surface area contributed by atoms with Crippen LogP contribution in [0.15, 0.2) is 61.1 Å². The summed E-state index contributed by atoms with van der Waals surface area (Å²) in [6.07, 6.45) is 5.10. The molecule has 29 heavy (non-hydrogen) atoms. The molecule has 8 heteroatoms. The third-order valence-corrected chi connectivity index (χ3v) is 5.07. The summed E-state index contributed by atoms with van der Waals surface area (Å²) >= 11 is 6.43. The number of halogens is 1. The molecule has 0 aliphatic carbocycles. The number of carbonyl (C=O) groups excluding carboxylic acids is 1. The second kappa shape index (κ2) is 10.0. The summed E-state index contributed by atoms with van der Waals surface area (Å²) in [6.45, 7) is 6.32. The maximum atomic E-state index is 12.6. The number of nitrogens with zero attached hydrogens (tertiary/aromatic N) is 4. The van der Waals surface area contributed by atoms with Gasteiger partial charge in [-0.1, -0.05) is 43.6 Å². The molecule has 0 radical (unpaired) electrons. The third kappa shape index (κ3) is 5.13. The molecule has 152 valence electrons. The highest BCUT2D eigenvalue weighted by molar-refractivity contribution is 6.31. The first-order valence-electron chi connectivity index (χ1n) is 9.62. The van der Waals surface area contributed by atoms with Crippen LogP contribution in [0.4, 0.5) is 10.5 Å². The van der Waals surface area contributed by atoms with Crippen LogP contribution in [0.25, 0.3) is 5.82 Å². The zero-order valence-corrected chi connectivity index (χ0v) is 17.3. The second-order valence-corrected chi connectivity index (χ2v) is 6.83. The Kier molecular flexibility index (Phi) is 7.21. The van der Waals surface area contributed by atoms with Gasteiger partial charge >= 0.3 is 6.03 Å². The molecule has 0 spiro atoms. The van der Waals surface area contributed by atoms with Gasteiger partial charge in [0, 0.05) is 30.2 Å². The summed E-state index contributed by atoms with van der Waals surface area (Å²) in [5, 5.41) is 10.7. The molecule has 0 fully saturated rings. The molecule has 0 saturated carbocycles. The number of rotatable bonds is 8. The van der Waals surface area contributed by atoms with Gasteiger partial charge in [-0.25, -0.2) is 14.5 Å². The molecule has 1 atom stereocenters. The number of anilines is 1. The fourth-order valence-corrected chi connectivity index (χ4v) is 3.53. The standard InChI is InChI=1S/C21H25ClN6O/c1-3-27(4-2)19(16-9-5-6-10-17(16)22)15-24-21(29)26-18-11-7-12-23-20(18)28-14-8-13-25-28/h5-14,19H,3-4,15H2,1-2H3,(H2,24,26,29). The Labute approximate surface area is 175 Å². The highest BCUT2D eigenvalue weighted by atomic mass is 35.5. The average Bonchev–Trinajstić information content (AvgIpc) is 3.27. The quantitative estimate of drug-likeness (QED) is 0.583. The lowest BCUT2D eigenvalue weighted by atomic mass is 10.0. The van der Waals surface area contributed by atoms with Gasteiger partial charge in [-0.05, 0) is 42.9 Å². The molecule has 2 N–H and O–H groups in total.